The third-order valence-electron chi connectivity index (χ3n) is 3.79. The number of amides is 1. The molecule has 0 aliphatic carbocycles. The summed E-state index contributed by atoms with van der Waals surface area (Å²) in [5.41, 5.74) is 0.434. The van der Waals surface area contributed by atoms with Crippen LogP contribution in [0.2, 0.25) is 0 Å². The molecule has 1 aromatic carbocycles. The molecule has 0 radical (unpaired) electrons. The first kappa shape index (κ1) is 15.9. The summed E-state index contributed by atoms with van der Waals surface area (Å²) >= 11 is 0. The van der Waals surface area contributed by atoms with Crippen LogP contribution in [0, 0.1) is 5.92 Å². The van der Waals surface area contributed by atoms with Gasteiger partial charge in [-0.05, 0) is 43.1 Å². The van der Waals surface area contributed by atoms with Gasteiger partial charge in [-0.2, -0.15) is 0 Å². The average molecular weight is 311 g/mol. The molecule has 116 valence electrons. The lowest BCUT2D eigenvalue weighted by Crippen LogP contribution is -2.50. The summed E-state index contributed by atoms with van der Waals surface area (Å²) in [5.74, 6) is 0.0585. The predicted molar refractivity (Wildman–Crippen MR) is 80.6 cm³/mol. The van der Waals surface area contributed by atoms with Crippen molar-refractivity contribution in [1.29, 1.82) is 0 Å². The van der Waals surface area contributed by atoms with Gasteiger partial charge in [0, 0.05) is 25.2 Å². The lowest BCUT2D eigenvalue weighted by atomic mass is 9.96. The Morgan fingerprint density at radius 2 is 1.95 bits per heavy atom. The third-order valence-corrected chi connectivity index (χ3v) is 5.29. The molecule has 1 aromatic rings. The number of piperidine rings is 1. The summed E-state index contributed by atoms with van der Waals surface area (Å²) < 4.78 is 27.4. The molecule has 1 aliphatic rings. The maximum atomic E-state index is 12.4. The van der Waals surface area contributed by atoms with E-state index in [9.17, 15) is 13.2 Å². The Balaban J connectivity index is 2.13. The van der Waals surface area contributed by atoms with E-state index >= 15 is 0 Å². The number of hydrogen-bond acceptors (Lipinski definition) is 4. The first-order valence-corrected chi connectivity index (χ1v) is 8.47. The van der Waals surface area contributed by atoms with Crippen molar-refractivity contribution in [2.24, 2.45) is 5.92 Å². The van der Waals surface area contributed by atoms with Gasteiger partial charge < -0.3 is 10.6 Å². The largest absolute Gasteiger partial charge is 0.355 e. The number of carbonyl (C=O) groups is 1. The highest BCUT2D eigenvalue weighted by Gasteiger charge is 2.26. The lowest BCUT2D eigenvalue weighted by molar-refractivity contribution is 0.0963. The Kier molecular flexibility index (Phi) is 4.97. The highest BCUT2D eigenvalue weighted by Crippen LogP contribution is 2.16. The molecule has 2 rings (SSSR count). The van der Waals surface area contributed by atoms with Crippen molar-refractivity contribution in [3.63, 3.8) is 0 Å². The summed E-state index contributed by atoms with van der Waals surface area (Å²) in [6.07, 6.45) is 0.947. The summed E-state index contributed by atoms with van der Waals surface area (Å²) in [4.78, 5) is 11.6. The van der Waals surface area contributed by atoms with E-state index in [0.717, 1.165) is 13.0 Å². The molecule has 2 atom stereocenters. The Labute approximate surface area is 125 Å². The molecule has 3 N–H and O–H groups in total. The maximum absolute atomic E-state index is 12.4. The smallest absolute Gasteiger partial charge is 0.251 e. The Morgan fingerprint density at radius 1 is 1.29 bits per heavy atom. The highest BCUT2D eigenvalue weighted by atomic mass is 32.2. The van der Waals surface area contributed by atoms with E-state index in [1.807, 2.05) is 6.92 Å². The minimum atomic E-state index is -3.56. The number of hydrogen-bond donors (Lipinski definition) is 3. The fourth-order valence-corrected chi connectivity index (χ4v) is 3.69. The summed E-state index contributed by atoms with van der Waals surface area (Å²) in [5, 5.41) is 5.69. The standard InChI is InChI=1S/C14H21N3O3S/c1-10-7-8-16-9-13(10)17-21(19,20)12-5-3-11(4-6-12)14(18)15-2/h3-6,10,13,16-17H,7-9H2,1-2H3,(H,15,18). The van der Waals surface area contributed by atoms with E-state index in [1.54, 1.807) is 0 Å². The second-order valence-corrected chi connectivity index (χ2v) is 7.02. The van der Waals surface area contributed by atoms with Gasteiger partial charge in [0.1, 0.15) is 0 Å². The molecule has 1 aliphatic heterocycles. The normalized spacial score (nSPS) is 22.8. The molecule has 1 amide bonds. The minimum absolute atomic E-state index is 0.109. The van der Waals surface area contributed by atoms with Crippen LogP contribution in [0.15, 0.2) is 29.2 Å². The van der Waals surface area contributed by atoms with Crippen LogP contribution >= 0.6 is 0 Å². The van der Waals surface area contributed by atoms with Gasteiger partial charge in [-0.1, -0.05) is 6.92 Å². The number of sulfonamides is 1. The number of benzene rings is 1. The molecule has 1 saturated heterocycles. The average Bonchev–Trinajstić information content (AvgIpc) is 2.49. The lowest BCUT2D eigenvalue weighted by Gasteiger charge is -2.29. The van der Waals surface area contributed by atoms with Gasteiger partial charge in [0.25, 0.3) is 5.91 Å². The Hall–Kier alpha value is -1.44. The van der Waals surface area contributed by atoms with E-state index in [-0.39, 0.29) is 16.8 Å². The summed E-state index contributed by atoms with van der Waals surface area (Å²) in [6.45, 7) is 3.60. The van der Waals surface area contributed by atoms with Gasteiger partial charge in [0.05, 0.1) is 4.90 Å². The molecule has 6 nitrogen and oxygen atoms in total. The number of nitrogens with one attached hydrogen (secondary N) is 3. The molecule has 21 heavy (non-hydrogen) atoms. The van der Waals surface area contributed by atoms with Crippen LogP contribution in [0.3, 0.4) is 0 Å². The molecular weight excluding hydrogens is 290 g/mol. The maximum Gasteiger partial charge on any atom is 0.251 e. The zero-order valence-corrected chi connectivity index (χ0v) is 13.0. The van der Waals surface area contributed by atoms with Crippen LogP contribution in [0.5, 0.6) is 0 Å². The monoisotopic (exact) mass is 311 g/mol. The van der Waals surface area contributed by atoms with Crippen LogP contribution in [0.4, 0.5) is 0 Å². The second kappa shape index (κ2) is 6.55. The van der Waals surface area contributed by atoms with Crippen molar-refractivity contribution in [2.45, 2.75) is 24.3 Å². The molecule has 0 saturated carbocycles. The Morgan fingerprint density at radius 3 is 2.52 bits per heavy atom. The fraction of sp³-hybridized carbons (Fsp3) is 0.500. The topological polar surface area (TPSA) is 87.3 Å². The van der Waals surface area contributed by atoms with Crippen LogP contribution in [-0.4, -0.2) is 40.5 Å². The zero-order valence-electron chi connectivity index (χ0n) is 12.2. The summed E-state index contributed by atoms with van der Waals surface area (Å²) in [6, 6.07) is 5.82. The number of carbonyl (C=O) groups excluding carboxylic acids is 1. The van der Waals surface area contributed by atoms with Crippen molar-refractivity contribution in [1.82, 2.24) is 15.4 Å². The molecule has 0 spiro atoms. The molecular formula is C14H21N3O3S. The molecule has 2 unspecified atom stereocenters. The number of rotatable bonds is 4. The first-order valence-electron chi connectivity index (χ1n) is 6.99. The Bertz CT molecular complexity index is 598. The van der Waals surface area contributed by atoms with Crippen molar-refractivity contribution in [3.8, 4) is 0 Å². The van der Waals surface area contributed by atoms with E-state index in [1.165, 1.54) is 31.3 Å². The zero-order chi connectivity index (χ0) is 15.5. The first-order chi connectivity index (χ1) is 9.94. The van der Waals surface area contributed by atoms with Gasteiger partial charge in [0.2, 0.25) is 10.0 Å². The van der Waals surface area contributed by atoms with Gasteiger partial charge in [-0.25, -0.2) is 13.1 Å². The van der Waals surface area contributed by atoms with Crippen LogP contribution in [-0.2, 0) is 10.0 Å². The molecule has 0 bridgehead atoms. The van der Waals surface area contributed by atoms with Gasteiger partial charge >= 0.3 is 0 Å². The predicted octanol–water partition coefficient (Wildman–Crippen LogP) is 0.323. The third kappa shape index (κ3) is 3.81. The van der Waals surface area contributed by atoms with Crippen molar-refractivity contribution >= 4 is 15.9 Å². The van der Waals surface area contributed by atoms with Crippen molar-refractivity contribution < 1.29 is 13.2 Å². The molecule has 1 heterocycles. The fourth-order valence-electron chi connectivity index (χ4n) is 2.34. The molecule has 0 aromatic heterocycles. The van der Waals surface area contributed by atoms with Crippen LogP contribution in [0.1, 0.15) is 23.7 Å². The summed E-state index contributed by atoms with van der Waals surface area (Å²) in [7, 11) is -2.03. The van der Waals surface area contributed by atoms with Gasteiger partial charge in [-0.3, -0.25) is 4.79 Å². The van der Waals surface area contributed by atoms with E-state index in [0.29, 0.717) is 18.0 Å². The van der Waals surface area contributed by atoms with Crippen LogP contribution in [0.25, 0.3) is 0 Å². The molecule has 7 heteroatoms. The highest BCUT2D eigenvalue weighted by molar-refractivity contribution is 7.89. The molecule has 1 fully saturated rings. The van der Waals surface area contributed by atoms with Crippen molar-refractivity contribution in [2.75, 3.05) is 20.1 Å². The van der Waals surface area contributed by atoms with Gasteiger partial charge in [-0.15, -0.1) is 0 Å². The quantitative estimate of drug-likeness (QED) is 0.747. The van der Waals surface area contributed by atoms with Crippen LogP contribution < -0.4 is 15.4 Å². The van der Waals surface area contributed by atoms with E-state index in [4.69, 9.17) is 0 Å². The minimum Gasteiger partial charge on any atom is -0.355 e. The van der Waals surface area contributed by atoms with Gasteiger partial charge in [0.15, 0.2) is 0 Å². The van der Waals surface area contributed by atoms with E-state index < -0.39 is 10.0 Å². The van der Waals surface area contributed by atoms with E-state index in [2.05, 4.69) is 15.4 Å². The van der Waals surface area contributed by atoms with Crippen molar-refractivity contribution in [3.05, 3.63) is 29.8 Å². The second-order valence-electron chi connectivity index (χ2n) is 5.30. The SMILES string of the molecule is CNC(=O)c1ccc(S(=O)(=O)NC2CNCCC2C)cc1.